The summed E-state index contributed by atoms with van der Waals surface area (Å²) in [6.45, 7) is 2.13. The van der Waals surface area contributed by atoms with Gasteiger partial charge in [0.05, 0.1) is 0 Å². The first-order valence-corrected chi connectivity index (χ1v) is 7.36. The number of hydrogen-bond donors (Lipinski definition) is 0. The molecule has 18 heavy (non-hydrogen) atoms. The summed E-state index contributed by atoms with van der Waals surface area (Å²) in [6, 6.07) is 8.13. The molecule has 2 heterocycles. The summed E-state index contributed by atoms with van der Waals surface area (Å²) >= 11 is 5.04. The minimum atomic E-state index is 0.855. The van der Waals surface area contributed by atoms with E-state index in [1.807, 2.05) is 16.6 Å². The number of rotatable bonds is 3. The van der Waals surface area contributed by atoms with Crippen LogP contribution >= 0.6 is 27.3 Å². The predicted octanol–water partition coefficient (Wildman–Crippen LogP) is 3.57. The topological polar surface area (TPSA) is 43.1 Å². The third kappa shape index (κ3) is 2.06. The molecule has 0 unspecified atom stereocenters. The number of halogens is 1. The zero-order valence-electron chi connectivity index (χ0n) is 9.80. The third-order valence-corrected chi connectivity index (χ3v) is 4.04. The highest BCUT2D eigenvalue weighted by molar-refractivity contribution is 9.10. The molecule has 3 rings (SSSR count). The van der Waals surface area contributed by atoms with Gasteiger partial charge in [0.2, 0.25) is 4.96 Å². The molecule has 0 bridgehead atoms. The second kappa shape index (κ2) is 4.78. The second-order valence-corrected chi connectivity index (χ2v) is 5.85. The maximum absolute atomic E-state index is 4.59. The number of aryl methyl sites for hydroxylation is 1. The van der Waals surface area contributed by atoms with Crippen molar-refractivity contribution in [2.75, 3.05) is 0 Å². The van der Waals surface area contributed by atoms with Crippen molar-refractivity contribution in [3.63, 3.8) is 0 Å². The molecule has 1 aromatic carbocycles. The molecular formula is C12H11BrN4S. The lowest BCUT2D eigenvalue weighted by atomic mass is 10.2. The molecule has 0 aliphatic carbocycles. The smallest absolute Gasteiger partial charge is 0.187 e. The first kappa shape index (κ1) is 11.8. The first-order chi connectivity index (χ1) is 8.78. The van der Waals surface area contributed by atoms with Crippen molar-refractivity contribution in [2.45, 2.75) is 19.8 Å². The third-order valence-electron chi connectivity index (χ3n) is 2.60. The lowest BCUT2D eigenvalue weighted by molar-refractivity contribution is 0.778. The lowest BCUT2D eigenvalue weighted by Gasteiger charge is -1.96. The van der Waals surface area contributed by atoms with E-state index in [9.17, 15) is 0 Å². The van der Waals surface area contributed by atoms with Gasteiger partial charge in [-0.15, -0.1) is 10.2 Å². The highest BCUT2D eigenvalue weighted by Gasteiger charge is 2.12. The maximum Gasteiger partial charge on any atom is 0.234 e. The number of fused-ring (bicyclic) bond motifs is 1. The van der Waals surface area contributed by atoms with Gasteiger partial charge in [0.15, 0.2) is 5.82 Å². The molecule has 3 aromatic rings. The molecule has 0 radical (unpaired) electrons. The van der Waals surface area contributed by atoms with Gasteiger partial charge < -0.3 is 0 Å². The number of aromatic nitrogens is 4. The fourth-order valence-electron chi connectivity index (χ4n) is 1.78. The normalized spacial score (nSPS) is 11.2. The van der Waals surface area contributed by atoms with Crippen LogP contribution in [0.5, 0.6) is 0 Å². The van der Waals surface area contributed by atoms with E-state index in [1.165, 1.54) is 0 Å². The molecule has 0 saturated carbocycles. The highest BCUT2D eigenvalue weighted by Crippen LogP contribution is 2.27. The molecule has 0 amide bonds. The van der Waals surface area contributed by atoms with Gasteiger partial charge in [0, 0.05) is 16.5 Å². The summed E-state index contributed by atoms with van der Waals surface area (Å²) in [5.41, 5.74) is 1.10. The van der Waals surface area contributed by atoms with Crippen molar-refractivity contribution in [3.8, 4) is 10.6 Å². The van der Waals surface area contributed by atoms with Crippen molar-refractivity contribution < 1.29 is 0 Å². The molecule has 0 saturated heterocycles. The van der Waals surface area contributed by atoms with Gasteiger partial charge in [-0.3, -0.25) is 0 Å². The van der Waals surface area contributed by atoms with Crippen LogP contribution in [0.15, 0.2) is 28.7 Å². The van der Waals surface area contributed by atoms with Gasteiger partial charge in [0.25, 0.3) is 0 Å². The Morgan fingerprint density at radius 3 is 3.00 bits per heavy atom. The minimum absolute atomic E-state index is 0.855. The Kier molecular flexibility index (Phi) is 3.13. The van der Waals surface area contributed by atoms with Crippen LogP contribution < -0.4 is 0 Å². The van der Waals surface area contributed by atoms with E-state index in [0.29, 0.717) is 0 Å². The van der Waals surface area contributed by atoms with Crippen molar-refractivity contribution in [1.29, 1.82) is 0 Å². The molecule has 0 fully saturated rings. The van der Waals surface area contributed by atoms with Crippen LogP contribution in [0.25, 0.3) is 15.5 Å². The van der Waals surface area contributed by atoms with Gasteiger partial charge in [-0.2, -0.15) is 9.61 Å². The monoisotopic (exact) mass is 322 g/mol. The summed E-state index contributed by atoms with van der Waals surface area (Å²) in [5.74, 6) is 0.935. The van der Waals surface area contributed by atoms with Crippen LogP contribution in [0.4, 0.5) is 0 Å². The molecule has 2 aromatic heterocycles. The number of nitrogens with zero attached hydrogens (tertiary/aromatic N) is 4. The van der Waals surface area contributed by atoms with Gasteiger partial charge in [-0.1, -0.05) is 46.3 Å². The predicted molar refractivity (Wildman–Crippen MR) is 75.8 cm³/mol. The molecular weight excluding hydrogens is 312 g/mol. The summed E-state index contributed by atoms with van der Waals surface area (Å²) < 4.78 is 2.91. The van der Waals surface area contributed by atoms with E-state index in [4.69, 9.17) is 0 Å². The summed E-state index contributed by atoms with van der Waals surface area (Å²) in [6.07, 6.45) is 1.95. The van der Waals surface area contributed by atoms with Crippen molar-refractivity contribution in [1.82, 2.24) is 19.8 Å². The Morgan fingerprint density at radius 1 is 1.33 bits per heavy atom. The van der Waals surface area contributed by atoms with E-state index in [2.05, 4.69) is 50.3 Å². The fourth-order valence-corrected chi connectivity index (χ4v) is 3.03. The second-order valence-electron chi connectivity index (χ2n) is 3.98. The van der Waals surface area contributed by atoms with Gasteiger partial charge in [-0.25, -0.2) is 0 Å². The van der Waals surface area contributed by atoms with Gasteiger partial charge >= 0.3 is 0 Å². The van der Waals surface area contributed by atoms with Crippen LogP contribution in [-0.2, 0) is 6.42 Å². The molecule has 6 heteroatoms. The largest absolute Gasteiger partial charge is 0.234 e. The fraction of sp³-hybridized carbons (Fsp3) is 0.250. The van der Waals surface area contributed by atoms with E-state index < -0.39 is 0 Å². The average Bonchev–Trinajstić information content (AvgIpc) is 2.92. The summed E-state index contributed by atoms with van der Waals surface area (Å²) in [5, 5.41) is 13.9. The Bertz CT molecular complexity index is 688. The van der Waals surface area contributed by atoms with E-state index >= 15 is 0 Å². The van der Waals surface area contributed by atoms with Gasteiger partial charge in [0.1, 0.15) is 5.01 Å². The molecule has 0 aliphatic heterocycles. The molecule has 92 valence electrons. The minimum Gasteiger partial charge on any atom is -0.187 e. The average molecular weight is 323 g/mol. The Hall–Kier alpha value is -1.27. The molecule has 0 spiro atoms. The molecule has 0 atom stereocenters. The Morgan fingerprint density at radius 2 is 2.22 bits per heavy atom. The van der Waals surface area contributed by atoms with Crippen LogP contribution in [0.3, 0.4) is 0 Å². The molecule has 0 N–H and O–H groups in total. The van der Waals surface area contributed by atoms with E-state index in [0.717, 1.165) is 38.7 Å². The quantitative estimate of drug-likeness (QED) is 0.740. The summed E-state index contributed by atoms with van der Waals surface area (Å²) in [7, 11) is 0. The van der Waals surface area contributed by atoms with E-state index in [-0.39, 0.29) is 0 Å². The van der Waals surface area contributed by atoms with Crippen LogP contribution in [-0.4, -0.2) is 19.8 Å². The molecule has 0 aliphatic rings. The van der Waals surface area contributed by atoms with Crippen LogP contribution in [0.2, 0.25) is 0 Å². The number of benzene rings is 1. The maximum atomic E-state index is 4.59. The Balaban J connectivity index is 2.08. The first-order valence-electron chi connectivity index (χ1n) is 5.75. The zero-order valence-corrected chi connectivity index (χ0v) is 12.2. The molecule has 4 nitrogen and oxygen atoms in total. The summed E-state index contributed by atoms with van der Waals surface area (Å²) in [4.78, 5) is 0.855. The van der Waals surface area contributed by atoms with Crippen LogP contribution in [0.1, 0.15) is 19.2 Å². The number of hydrogen-bond acceptors (Lipinski definition) is 4. The van der Waals surface area contributed by atoms with Crippen molar-refractivity contribution >= 4 is 32.2 Å². The van der Waals surface area contributed by atoms with Crippen molar-refractivity contribution in [2.24, 2.45) is 0 Å². The zero-order chi connectivity index (χ0) is 12.5. The van der Waals surface area contributed by atoms with Gasteiger partial charge in [-0.05, 0) is 18.6 Å². The van der Waals surface area contributed by atoms with Crippen molar-refractivity contribution in [3.05, 3.63) is 34.6 Å². The lowest BCUT2D eigenvalue weighted by Crippen LogP contribution is -1.95. The SMILES string of the molecule is CCCc1nnc2sc(-c3cccc(Br)c3)nn12. The Labute approximate surface area is 117 Å². The van der Waals surface area contributed by atoms with E-state index in [1.54, 1.807) is 11.3 Å². The highest BCUT2D eigenvalue weighted by atomic mass is 79.9. The standard InChI is InChI=1S/C12H11BrN4S/c1-2-4-10-14-15-12-17(10)16-11(18-12)8-5-3-6-9(13)7-8/h3,5-7H,2,4H2,1H3. The van der Waals surface area contributed by atoms with Crippen LogP contribution in [0, 0.1) is 0 Å².